The van der Waals surface area contributed by atoms with Gasteiger partial charge in [0.15, 0.2) is 0 Å². The largest absolute Gasteiger partial charge is 0.310 e. The molecule has 0 atom stereocenters. The molecule has 0 bridgehead atoms. The molecule has 2 heterocycles. The molecule has 2 rings (SSSR count). The SMILES string of the molecule is c1nc(CNCCN2CCCCCC2)cs1. The first kappa shape index (κ1) is 12.0. The van der Waals surface area contributed by atoms with Crippen molar-refractivity contribution in [2.75, 3.05) is 26.2 Å². The maximum Gasteiger partial charge on any atom is 0.0795 e. The summed E-state index contributed by atoms with van der Waals surface area (Å²) in [6, 6.07) is 0. The number of nitrogens with one attached hydrogen (secondary N) is 1. The van der Waals surface area contributed by atoms with Crippen molar-refractivity contribution in [1.82, 2.24) is 15.2 Å². The molecular formula is C12H21N3S. The van der Waals surface area contributed by atoms with Crippen LogP contribution in [0.2, 0.25) is 0 Å². The van der Waals surface area contributed by atoms with Crippen LogP contribution in [0, 0.1) is 0 Å². The highest BCUT2D eigenvalue weighted by atomic mass is 32.1. The van der Waals surface area contributed by atoms with Crippen LogP contribution in [0.15, 0.2) is 10.9 Å². The van der Waals surface area contributed by atoms with Gasteiger partial charge in [0.25, 0.3) is 0 Å². The molecule has 0 radical (unpaired) electrons. The summed E-state index contributed by atoms with van der Waals surface area (Å²) in [6.45, 7) is 5.76. The molecule has 16 heavy (non-hydrogen) atoms. The minimum absolute atomic E-state index is 0.914. The van der Waals surface area contributed by atoms with Crippen molar-refractivity contribution in [2.24, 2.45) is 0 Å². The van der Waals surface area contributed by atoms with Crippen molar-refractivity contribution in [3.8, 4) is 0 Å². The summed E-state index contributed by atoms with van der Waals surface area (Å²) in [6.07, 6.45) is 5.60. The third-order valence-corrected chi connectivity index (χ3v) is 3.73. The van der Waals surface area contributed by atoms with Crippen molar-refractivity contribution < 1.29 is 0 Å². The van der Waals surface area contributed by atoms with Gasteiger partial charge in [0, 0.05) is 25.0 Å². The topological polar surface area (TPSA) is 28.2 Å². The third kappa shape index (κ3) is 4.20. The van der Waals surface area contributed by atoms with E-state index < -0.39 is 0 Å². The summed E-state index contributed by atoms with van der Waals surface area (Å²) in [5, 5.41) is 5.57. The number of likely N-dealkylation sites (tertiary alicyclic amines) is 1. The lowest BCUT2D eigenvalue weighted by molar-refractivity contribution is 0.284. The van der Waals surface area contributed by atoms with Crippen LogP contribution in [0.5, 0.6) is 0 Å². The Hall–Kier alpha value is -0.450. The Morgan fingerprint density at radius 3 is 2.75 bits per heavy atom. The zero-order chi connectivity index (χ0) is 11.1. The van der Waals surface area contributed by atoms with Gasteiger partial charge in [-0.05, 0) is 25.9 Å². The summed E-state index contributed by atoms with van der Waals surface area (Å²) in [7, 11) is 0. The highest BCUT2D eigenvalue weighted by molar-refractivity contribution is 7.07. The van der Waals surface area contributed by atoms with E-state index in [1.54, 1.807) is 11.3 Å². The second-order valence-corrected chi connectivity index (χ2v) is 5.13. The molecule has 0 saturated carbocycles. The average Bonchev–Trinajstić information content (AvgIpc) is 2.68. The van der Waals surface area contributed by atoms with Crippen LogP contribution in [-0.4, -0.2) is 36.1 Å². The second-order valence-electron chi connectivity index (χ2n) is 4.41. The molecule has 0 amide bonds. The first-order valence-corrected chi connectivity index (χ1v) is 7.19. The zero-order valence-electron chi connectivity index (χ0n) is 9.82. The Labute approximate surface area is 102 Å². The van der Waals surface area contributed by atoms with Gasteiger partial charge in [0.2, 0.25) is 0 Å². The predicted octanol–water partition coefficient (Wildman–Crippen LogP) is 2.11. The van der Waals surface area contributed by atoms with Gasteiger partial charge in [0.05, 0.1) is 11.2 Å². The Balaban J connectivity index is 1.56. The van der Waals surface area contributed by atoms with E-state index in [-0.39, 0.29) is 0 Å². The minimum Gasteiger partial charge on any atom is -0.310 e. The quantitative estimate of drug-likeness (QED) is 0.798. The molecule has 0 spiro atoms. The number of rotatable bonds is 5. The highest BCUT2D eigenvalue weighted by Gasteiger charge is 2.07. The van der Waals surface area contributed by atoms with Crippen molar-refractivity contribution in [2.45, 2.75) is 32.2 Å². The number of aromatic nitrogens is 1. The first-order chi connectivity index (χ1) is 7.95. The lowest BCUT2D eigenvalue weighted by Crippen LogP contribution is -2.32. The maximum atomic E-state index is 4.26. The van der Waals surface area contributed by atoms with Crippen LogP contribution in [0.4, 0.5) is 0 Å². The van der Waals surface area contributed by atoms with Crippen LogP contribution in [0.3, 0.4) is 0 Å². The van der Waals surface area contributed by atoms with E-state index in [0.717, 1.165) is 13.1 Å². The predicted molar refractivity (Wildman–Crippen MR) is 68.7 cm³/mol. The number of hydrogen-bond donors (Lipinski definition) is 1. The van der Waals surface area contributed by atoms with Crippen molar-refractivity contribution in [3.63, 3.8) is 0 Å². The van der Waals surface area contributed by atoms with E-state index in [1.807, 2.05) is 5.51 Å². The van der Waals surface area contributed by atoms with E-state index in [9.17, 15) is 0 Å². The molecule has 0 aromatic carbocycles. The molecule has 0 aliphatic carbocycles. The Morgan fingerprint density at radius 2 is 2.06 bits per heavy atom. The van der Waals surface area contributed by atoms with E-state index in [2.05, 4.69) is 20.6 Å². The standard InChI is InChI=1S/C12H21N3S/c1-2-4-7-15(6-3-1)8-5-13-9-12-10-16-11-14-12/h10-11,13H,1-9H2. The van der Waals surface area contributed by atoms with Crippen LogP contribution >= 0.6 is 11.3 Å². The van der Waals surface area contributed by atoms with Crippen molar-refractivity contribution in [1.29, 1.82) is 0 Å². The fourth-order valence-electron chi connectivity index (χ4n) is 2.14. The molecule has 90 valence electrons. The Kier molecular flexibility index (Phi) is 5.25. The summed E-state index contributed by atoms with van der Waals surface area (Å²) in [5.41, 5.74) is 3.06. The molecule has 3 nitrogen and oxygen atoms in total. The van der Waals surface area contributed by atoms with E-state index in [4.69, 9.17) is 0 Å². The summed E-state index contributed by atoms with van der Waals surface area (Å²) in [5.74, 6) is 0. The van der Waals surface area contributed by atoms with Crippen LogP contribution in [0.25, 0.3) is 0 Å². The second kappa shape index (κ2) is 6.99. The van der Waals surface area contributed by atoms with Gasteiger partial charge >= 0.3 is 0 Å². The molecule has 1 aromatic heterocycles. The van der Waals surface area contributed by atoms with Gasteiger partial charge < -0.3 is 10.2 Å². The molecule has 1 N–H and O–H groups in total. The van der Waals surface area contributed by atoms with Gasteiger partial charge in [-0.15, -0.1) is 11.3 Å². The van der Waals surface area contributed by atoms with Gasteiger partial charge in [-0.25, -0.2) is 4.98 Å². The third-order valence-electron chi connectivity index (χ3n) is 3.09. The highest BCUT2D eigenvalue weighted by Crippen LogP contribution is 2.08. The Bertz CT molecular complexity index is 266. The smallest absolute Gasteiger partial charge is 0.0795 e. The average molecular weight is 239 g/mol. The zero-order valence-corrected chi connectivity index (χ0v) is 10.6. The molecule has 4 heteroatoms. The molecule has 1 aliphatic rings. The number of hydrogen-bond acceptors (Lipinski definition) is 4. The molecule has 1 fully saturated rings. The molecule has 0 unspecified atom stereocenters. The number of nitrogens with zero attached hydrogens (tertiary/aromatic N) is 2. The van der Waals surface area contributed by atoms with Crippen molar-refractivity contribution in [3.05, 3.63) is 16.6 Å². The van der Waals surface area contributed by atoms with Crippen LogP contribution in [-0.2, 0) is 6.54 Å². The lowest BCUT2D eigenvalue weighted by Gasteiger charge is -2.19. The molecule has 1 aromatic rings. The van der Waals surface area contributed by atoms with Gasteiger partial charge in [-0.2, -0.15) is 0 Å². The normalized spacial score (nSPS) is 18.5. The van der Waals surface area contributed by atoms with E-state index in [0.29, 0.717) is 0 Å². The van der Waals surface area contributed by atoms with Crippen LogP contribution < -0.4 is 5.32 Å². The summed E-state index contributed by atoms with van der Waals surface area (Å²) < 4.78 is 0. The van der Waals surface area contributed by atoms with Gasteiger partial charge in [-0.1, -0.05) is 12.8 Å². The lowest BCUT2D eigenvalue weighted by atomic mass is 10.2. The van der Waals surface area contributed by atoms with E-state index >= 15 is 0 Å². The Morgan fingerprint density at radius 1 is 1.25 bits per heavy atom. The first-order valence-electron chi connectivity index (χ1n) is 6.25. The fraction of sp³-hybridized carbons (Fsp3) is 0.750. The maximum absolute atomic E-state index is 4.26. The molecular weight excluding hydrogens is 218 g/mol. The van der Waals surface area contributed by atoms with Crippen LogP contribution in [0.1, 0.15) is 31.4 Å². The van der Waals surface area contributed by atoms with Gasteiger partial charge in [-0.3, -0.25) is 0 Å². The van der Waals surface area contributed by atoms with E-state index in [1.165, 1.54) is 51.0 Å². The summed E-state index contributed by atoms with van der Waals surface area (Å²) in [4.78, 5) is 6.84. The van der Waals surface area contributed by atoms with Crippen molar-refractivity contribution >= 4 is 11.3 Å². The number of thiazole rings is 1. The minimum atomic E-state index is 0.914. The van der Waals surface area contributed by atoms with Gasteiger partial charge in [0.1, 0.15) is 0 Å². The molecule has 1 aliphatic heterocycles. The monoisotopic (exact) mass is 239 g/mol. The fourth-order valence-corrected chi connectivity index (χ4v) is 2.70. The molecule has 1 saturated heterocycles. The summed E-state index contributed by atoms with van der Waals surface area (Å²) >= 11 is 1.67.